The maximum Gasteiger partial charge on any atom is 0.262 e. The average molecular weight is 473 g/mol. The van der Waals surface area contributed by atoms with Crippen LogP contribution in [0, 0.1) is 0 Å². The van der Waals surface area contributed by atoms with E-state index < -0.39 is 0 Å². The Morgan fingerprint density at radius 2 is 1.88 bits per heavy atom. The standard InChI is InChI=1S/C23H25ClN4O3S/c1-31-14-13-28-22(30)19-8-7-17(24)15-20(19)25-23(28)32-16-21(29)27-11-9-26(10-12-27)18-5-3-2-4-6-18/h2-8,15H,9-14,16H2,1H3. The second-order valence-electron chi connectivity index (χ2n) is 7.50. The number of benzene rings is 2. The van der Waals surface area contributed by atoms with Gasteiger partial charge in [0.05, 0.1) is 29.8 Å². The molecule has 0 unspecified atom stereocenters. The number of anilines is 1. The lowest BCUT2D eigenvalue weighted by atomic mass is 10.2. The van der Waals surface area contributed by atoms with Crippen molar-refractivity contribution >= 4 is 45.9 Å². The van der Waals surface area contributed by atoms with Gasteiger partial charge in [0.15, 0.2) is 5.16 Å². The summed E-state index contributed by atoms with van der Waals surface area (Å²) in [6.07, 6.45) is 0. The summed E-state index contributed by atoms with van der Waals surface area (Å²) >= 11 is 7.37. The quantitative estimate of drug-likeness (QED) is 0.389. The highest BCUT2D eigenvalue weighted by atomic mass is 35.5. The highest BCUT2D eigenvalue weighted by Crippen LogP contribution is 2.22. The van der Waals surface area contributed by atoms with E-state index in [-0.39, 0.29) is 17.2 Å². The Bertz CT molecular complexity index is 1150. The molecular weight excluding hydrogens is 448 g/mol. The molecule has 4 rings (SSSR count). The molecule has 2 aromatic carbocycles. The number of ether oxygens (including phenoxy) is 1. The van der Waals surface area contributed by atoms with Crippen LogP contribution in [0.4, 0.5) is 5.69 Å². The summed E-state index contributed by atoms with van der Waals surface area (Å²) in [4.78, 5) is 34.7. The van der Waals surface area contributed by atoms with Gasteiger partial charge in [-0.1, -0.05) is 41.6 Å². The lowest BCUT2D eigenvalue weighted by Gasteiger charge is -2.36. The van der Waals surface area contributed by atoms with Crippen molar-refractivity contribution in [3.05, 3.63) is 63.9 Å². The minimum absolute atomic E-state index is 0.0430. The molecule has 0 atom stereocenters. The van der Waals surface area contributed by atoms with Crippen molar-refractivity contribution in [2.45, 2.75) is 11.7 Å². The zero-order valence-corrected chi connectivity index (χ0v) is 19.4. The van der Waals surface area contributed by atoms with E-state index in [9.17, 15) is 9.59 Å². The number of methoxy groups -OCH3 is 1. The molecule has 0 bridgehead atoms. The van der Waals surface area contributed by atoms with Gasteiger partial charge in [-0.25, -0.2) is 4.98 Å². The van der Waals surface area contributed by atoms with E-state index in [1.807, 2.05) is 23.1 Å². The highest BCUT2D eigenvalue weighted by molar-refractivity contribution is 7.99. The van der Waals surface area contributed by atoms with Crippen molar-refractivity contribution < 1.29 is 9.53 Å². The van der Waals surface area contributed by atoms with Crippen LogP contribution < -0.4 is 10.5 Å². The highest BCUT2D eigenvalue weighted by Gasteiger charge is 2.22. The minimum Gasteiger partial charge on any atom is -0.383 e. The molecule has 1 aliphatic heterocycles. The van der Waals surface area contributed by atoms with Crippen LogP contribution in [0.25, 0.3) is 10.9 Å². The summed E-state index contributed by atoms with van der Waals surface area (Å²) in [7, 11) is 1.59. The molecule has 1 fully saturated rings. The number of carbonyl (C=O) groups is 1. The summed E-state index contributed by atoms with van der Waals surface area (Å²) in [6, 6.07) is 15.3. The first-order chi connectivity index (χ1) is 15.6. The number of para-hydroxylation sites is 1. The van der Waals surface area contributed by atoms with Gasteiger partial charge in [0.25, 0.3) is 5.56 Å². The largest absolute Gasteiger partial charge is 0.383 e. The number of nitrogens with zero attached hydrogens (tertiary/aromatic N) is 4. The van der Waals surface area contributed by atoms with E-state index in [4.69, 9.17) is 16.3 Å². The van der Waals surface area contributed by atoms with Gasteiger partial charge < -0.3 is 14.5 Å². The third kappa shape index (κ3) is 5.09. The normalized spacial score (nSPS) is 14.2. The van der Waals surface area contributed by atoms with Gasteiger partial charge in [-0.2, -0.15) is 0 Å². The first kappa shape index (κ1) is 22.6. The van der Waals surface area contributed by atoms with Crippen molar-refractivity contribution in [1.82, 2.24) is 14.5 Å². The van der Waals surface area contributed by atoms with Crippen LogP contribution in [0.15, 0.2) is 58.5 Å². The first-order valence-corrected chi connectivity index (χ1v) is 11.8. The number of halogens is 1. The summed E-state index contributed by atoms with van der Waals surface area (Å²) < 4.78 is 6.73. The monoisotopic (exact) mass is 472 g/mol. The van der Waals surface area contributed by atoms with Gasteiger partial charge in [0.2, 0.25) is 5.91 Å². The molecule has 9 heteroatoms. The van der Waals surface area contributed by atoms with Crippen molar-refractivity contribution in [2.24, 2.45) is 0 Å². The Balaban J connectivity index is 1.45. The molecule has 0 radical (unpaired) electrons. The second kappa shape index (κ2) is 10.4. The van der Waals surface area contributed by atoms with E-state index >= 15 is 0 Å². The van der Waals surface area contributed by atoms with Gasteiger partial charge >= 0.3 is 0 Å². The molecule has 3 aromatic rings. The molecule has 0 aliphatic carbocycles. The van der Waals surface area contributed by atoms with Gasteiger partial charge in [0.1, 0.15) is 0 Å². The zero-order valence-electron chi connectivity index (χ0n) is 17.9. The molecular formula is C23H25ClN4O3S. The van der Waals surface area contributed by atoms with Crippen molar-refractivity contribution in [3.63, 3.8) is 0 Å². The Morgan fingerprint density at radius 3 is 2.59 bits per heavy atom. The van der Waals surface area contributed by atoms with E-state index in [1.54, 1.807) is 29.9 Å². The Hall–Kier alpha value is -2.55. The van der Waals surface area contributed by atoms with Gasteiger partial charge in [-0.05, 0) is 30.3 Å². The molecule has 7 nitrogen and oxygen atoms in total. The van der Waals surface area contributed by atoms with Crippen LogP contribution in [-0.2, 0) is 16.1 Å². The molecule has 1 aromatic heterocycles. The maximum absolute atomic E-state index is 13.0. The van der Waals surface area contributed by atoms with Gasteiger partial charge in [0, 0.05) is 44.0 Å². The van der Waals surface area contributed by atoms with Crippen molar-refractivity contribution in [1.29, 1.82) is 0 Å². The van der Waals surface area contributed by atoms with Crippen LogP contribution in [-0.4, -0.2) is 66.0 Å². The number of piperazine rings is 1. The first-order valence-electron chi connectivity index (χ1n) is 10.5. The molecule has 1 amide bonds. The van der Waals surface area contributed by atoms with E-state index in [1.165, 1.54) is 17.4 Å². The number of fused-ring (bicyclic) bond motifs is 1. The van der Waals surface area contributed by atoms with Crippen LogP contribution >= 0.6 is 23.4 Å². The predicted octanol–water partition coefficient (Wildman–Crippen LogP) is 3.14. The predicted molar refractivity (Wildman–Crippen MR) is 129 cm³/mol. The summed E-state index contributed by atoms with van der Waals surface area (Å²) in [5.74, 6) is 0.262. The zero-order chi connectivity index (χ0) is 22.5. The average Bonchev–Trinajstić information content (AvgIpc) is 2.82. The smallest absolute Gasteiger partial charge is 0.262 e. The molecule has 0 saturated carbocycles. The number of hydrogen-bond acceptors (Lipinski definition) is 6. The lowest BCUT2D eigenvalue weighted by Crippen LogP contribution is -2.49. The maximum atomic E-state index is 13.0. The van der Waals surface area contributed by atoms with Crippen molar-refractivity contribution in [2.75, 3.05) is 50.5 Å². The molecule has 2 heterocycles. The Morgan fingerprint density at radius 1 is 1.12 bits per heavy atom. The molecule has 1 aliphatic rings. The van der Waals surface area contributed by atoms with E-state index in [0.717, 1.165) is 13.1 Å². The number of aromatic nitrogens is 2. The third-order valence-electron chi connectivity index (χ3n) is 5.48. The van der Waals surface area contributed by atoms with Gasteiger partial charge in [-0.15, -0.1) is 0 Å². The fraction of sp³-hybridized carbons (Fsp3) is 0.348. The Kier molecular flexibility index (Phi) is 7.34. The van der Waals surface area contributed by atoms with Gasteiger partial charge in [-0.3, -0.25) is 14.2 Å². The third-order valence-corrected chi connectivity index (χ3v) is 6.68. The molecule has 0 N–H and O–H groups in total. The van der Waals surface area contributed by atoms with Crippen LogP contribution in [0.2, 0.25) is 5.02 Å². The molecule has 168 valence electrons. The number of thioether (sulfide) groups is 1. The molecule has 0 spiro atoms. The van der Waals surface area contributed by atoms with Crippen LogP contribution in [0.1, 0.15) is 0 Å². The van der Waals surface area contributed by atoms with Crippen molar-refractivity contribution in [3.8, 4) is 0 Å². The summed E-state index contributed by atoms with van der Waals surface area (Å²) in [5.41, 5.74) is 1.55. The topological polar surface area (TPSA) is 67.7 Å². The number of hydrogen-bond donors (Lipinski definition) is 0. The second-order valence-corrected chi connectivity index (χ2v) is 8.88. The lowest BCUT2D eigenvalue weighted by molar-refractivity contribution is -0.128. The fourth-order valence-corrected chi connectivity index (χ4v) is 4.83. The molecule has 32 heavy (non-hydrogen) atoms. The number of amides is 1. The minimum atomic E-state index is -0.157. The molecule has 1 saturated heterocycles. The number of carbonyl (C=O) groups excluding carboxylic acids is 1. The fourth-order valence-electron chi connectivity index (χ4n) is 3.73. The van der Waals surface area contributed by atoms with Crippen LogP contribution in [0.3, 0.4) is 0 Å². The SMILES string of the molecule is COCCn1c(SCC(=O)N2CCN(c3ccccc3)CC2)nc2cc(Cl)ccc2c1=O. The summed E-state index contributed by atoms with van der Waals surface area (Å²) in [5, 5.41) is 1.51. The van der Waals surface area contributed by atoms with E-state index in [0.29, 0.717) is 47.3 Å². The Labute approximate surface area is 195 Å². The van der Waals surface area contributed by atoms with E-state index in [2.05, 4.69) is 22.0 Å². The van der Waals surface area contributed by atoms with Crippen LogP contribution in [0.5, 0.6) is 0 Å². The summed E-state index contributed by atoms with van der Waals surface area (Å²) in [6.45, 7) is 3.69. The number of rotatable bonds is 7.